The lowest BCUT2D eigenvalue weighted by Gasteiger charge is -2.12. The van der Waals surface area contributed by atoms with Gasteiger partial charge in [-0.15, -0.1) is 0 Å². The van der Waals surface area contributed by atoms with E-state index in [4.69, 9.17) is 32.9 Å². The Bertz CT molecular complexity index is 1330. The number of benzene rings is 3. The van der Waals surface area contributed by atoms with Crippen LogP contribution in [0.15, 0.2) is 66.7 Å². The van der Waals surface area contributed by atoms with Crippen LogP contribution in [0.5, 0.6) is 0 Å². The van der Waals surface area contributed by atoms with Crippen molar-refractivity contribution in [2.45, 2.75) is 13.8 Å². The Morgan fingerprint density at radius 1 is 0.906 bits per heavy atom. The number of esters is 1. The molecule has 0 bridgehead atoms. The number of aryl methyl sites for hydroxylation is 2. The second-order valence-corrected chi connectivity index (χ2v) is 8.34. The molecular formula is C26H19Cl2NO3. The van der Waals surface area contributed by atoms with Crippen LogP contribution in [0.1, 0.15) is 31.8 Å². The summed E-state index contributed by atoms with van der Waals surface area (Å²) in [7, 11) is 0. The molecule has 160 valence electrons. The highest BCUT2D eigenvalue weighted by Crippen LogP contribution is 2.30. The Labute approximate surface area is 195 Å². The van der Waals surface area contributed by atoms with Gasteiger partial charge in [0.05, 0.1) is 16.8 Å². The maximum atomic E-state index is 13.0. The number of ether oxygens (including phenoxy) is 1. The summed E-state index contributed by atoms with van der Waals surface area (Å²) >= 11 is 12.2. The van der Waals surface area contributed by atoms with Crippen LogP contribution in [-0.4, -0.2) is 23.3 Å². The van der Waals surface area contributed by atoms with E-state index in [1.165, 1.54) is 0 Å². The van der Waals surface area contributed by atoms with Gasteiger partial charge in [0.25, 0.3) is 0 Å². The van der Waals surface area contributed by atoms with E-state index in [9.17, 15) is 9.59 Å². The molecule has 6 heteroatoms. The van der Waals surface area contributed by atoms with E-state index in [1.54, 1.807) is 42.5 Å². The SMILES string of the molecule is Cc1ccc(-c2cc(C(=O)OCC(=O)c3ccc(Cl)cc3)c3ccc(Cl)c(C)c3n2)cc1. The number of halogens is 2. The third kappa shape index (κ3) is 4.52. The first-order chi connectivity index (χ1) is 15.3. The minimum absolute atomic E-state index is 0.314. The van der Waals surface area contributed by atoms with Gasteiger partial charge >= 0.3 is 5.97 Å². The standard InChI is InChI=1S/C26H19Cl2NO3/c1-15-3-5-17(6-4-15)23-13-21(20-11-12-22(28)16(2)25(20)29-23)26(31)32-14-24(30)18-7-9-19(27)10-8-18/h3-13H,14H2,1-2H3. The van der Waals surface area contributed by atoms with Crippen molar-refractivity contribution in [1.82, 2.24) is 4.98 Å². The van der Waals surface area contributed by atoms with Crippen LogP contribution in [0.25, 0.3) is 22.2 Å². The number of carbonyl (C=O) groups excluding carboxylic acids is 2. The molecule has 0 atom stereocenters. The number of aromatic nitrogens is 1. The zero-order valence-electron chi connectivity index (χ0n) is 17.5. The van der Waals surface area contributed by atoms with Crippen molar-refractivity contribution < 1.29 is 14.3 Å². The molecule has 1 heterocycles. The number of hydrogen-bond donors (Lipinski definition) is 0. The normalized spacial score (nSPS) is 10.9. The fourth-order valence-corrected chi connectivity index (χ4v) is 3.65. The summed E-state index contributed by atoms with van der Waals surface area (Å²) in [6, 6.07) is 19.4. The predicted molar refractivity (Wildman–Crippen MR) is 128 cm³/mol. The van der Waals surface area contributed by atoms with Crippen molar-refractivity contribution in [3.8, 4) is 11.3 Å². The monoisotopic (exact) mass is 463 g/mol. The lowest BCUT2D eigenvalue weighted by Crippen LogP contribution is -2.15. The maximum absolute atomic E-state index is 13.0. The van der Waals surface area contributed by atoms with E-state index < -0.39 is 5.97 Å². The summed E-state index contributed by atoms with van der Waals surface area (Å²) in [6.07, 6.45) is 0. The van der Waals surface area contributed by atoms with Gasteiger partial charge in [0.2, 0.25) is 0 Å². The van der Waals surface area contributed by atoms with Crippen LogP contribution in [-0.2, 0) is 4.74 Å². The molecule has 0 saturated carbocycles. The van der Waals surface area contributed by atoms with E-state index >= 15 is 0 Å². The summed E-state index contributed by atoms with van der Waals surface area (Å²) in [4.78, 5) is 30.2. The molecule has 4 aromatic rings. The minimum Gasteiger partial charge on any atom is -0.454 e. The molecule has 0 aliphatic carbocycles. The van der Waals surface area contributed by atoms with Gasteiger partial charge in [-0.1, -0.05) is 59.1 Å². The van der Waals surface area contributed by atoms with E-state index in [2.05, 4.69) is 0 Å². The number of ketones is 1. The molecule has 0 aliphatic rings. The second-order valence-electron chi connectivity index (χ2n) is 7.50. The number of pyridine rings is 1. The van der Waals surface area contributed by atoms with E-state index in [1.807, 2.05) is 38.1 Å². The molecular weight excluding hydrogens is 445 g/mol. The Balaban J connectivity index is 1.70. The zero-order chi connectivity index (χ0) is 22.8. The van der Waals surface area contributed by atoms with Crippen molar-refractivity contribution in [3.63, 3.8) is 0 Å². The number of carbonyl (C=O) groups is 2. The highest BCUT2D eigenvalue weighted by atomic mass is 35.5. The first kappa shape index (κ1) is 22.0. The van der Waals surface area contributed by atoms with Gasteiger partial charge in [-0.3, -0.25) is 4.79 Å². The zero-order valence-corrected chi connectivity index (χ0v) is 19.0. The van der Waals surface area contributed by atoms with Gasteiger partial charge in [0, 0.05) is 26.6 Å². The number of hydrogen-bond acceptors (Lipinski definition) is 4. The molecule has 0 spiro atoms. The van der Waals surface area contributed by atoms with Gasteiger partial charge in [-0.2, -0.15) is 0 Å². The van der Waals surface area contributed by atoms with E-state index in [-0.39, 0.29) is 12.4 Å². The molecule has 0 saturated heterocycles. The number of rotatable bonds is 5. The number of nitrogens with zero attached hydrogens (tertiary/aromatic N) is 1. The smallest absolute Gasteiger partial charge is 0.339 e. The molecule has 32 heavy (non-hydrogen) atoms. The first-order valence-electron chi connectivity index (χ1n) is 9.96. The highest BCUT2D eigenvalue weighted by molar-refractivity contribution is 6.32. The molecule has 0 N–H and O–H groups in total. The quantitative estimate of drug-likeness (QED) is 0.239. The van der Waals surface area contributed by atoms with Crippen molar-refractivity contribution in [3.05, 3.63) is 99.0 Å². The fraction of sp³-hybridized carbons (Fsp3) is 0.115. The van der Waals surface area contributed by atoms with Crippen molar-refractivity contribution in [2.75, 3.05) is 6.61 Å². The summed E-state index contributed by atoms with van der Waals surface area (Å²) in [6.45, 7) is 3.48. The van der Waals surface area contributed by atoms with Crippen molar-refractivity contribution in [2.24, 2.45) is 0 Å². The largest absolute Gasteiger partial charge is 0.454 e. The Kier molecular flexibility index (Phi) is 6.26. The number of fused-ring (bicyclic) bond motifs is 1. The van der Waals surface area contributed by atoms with Crippen LogP contribution in [0, 0.1) is 13.8 Å². The summed E-state index contributed by atoms with van der Waals surface area (Å²) in [5.41, 5.74) is 4.74. The first-order valence-corrected chi connectivity index (χ1v) is 10.7. The third-order valence-electron chi connectivity index (χ3n) is 5.24. The van der Waals surface area contributed by atoms with Crippen molar-refractivity contribution in [1.29, 1.82) is 0 Å². The molecule has 3 aromatic carbocycles. The molecule has 0 fully saturated rings. The average Bonchev–Trinajstić information content (AvgIpc) is 2.80. The highest BCUT2D eigenvalue weighted by Gasteiger charge is 2.19. The summed E-state index contributed by atoms with van der Waals surface area (Å²) < 4.78 is 5.38. The summed E-state index contributed by atoms with van der Waals surface area (Å²) in [5.74, 6) is -0.916. The van der Waals surface area contributed by atoms with Gasteiger partial charge in [-0.05, 0) is 55.8 Å². The second kappa shape index (κ2) is 9.11. The van der Waals surface area contributed by atoms with Crippen LogP contribution < -0.4 is 0 Å². The Morgan fingerprint density at radius 3 is 2.28 bits per heavy atom. The molecule has 4 rings (SSSR count). The Morgan fingerprint density at radius 2 is 1.59 bits per heavy atom. The minimum atomic E-state index is -0.602. The van der Waals surface area contributed by atoms with Crippen LogP contribution in [0.4, 0.5) is 0 Å². The fourth-order valence-electron chi connectivity index (χ4n) is 3.37. The maximum Gasteiger partial charge on any atom is 0.339 e. The van der Waals surface area contributed by atoms with Gasteiger partial charge in [0.1, 0.15) is 0 Å². The molecule has 0 amide bonds. The van der Waals surface area contributed by atoms with Gasteiger partial charge in [0.15, 0.2) is 12.4 Å². The van der Waals surface area contributed by atoms with Crippen LogP contribution in [0.3, 0.4) is 0 Å². The predicted octanol–water partition coefficient (Wildman–Crippen LogP) is 6.87. The molecule has 0 unspecified atom stereocenters. The van der Waals surface area contributed by atoms with Crippen LogP contribution in [0.2, 0.25) is 10.0 Å². The average molecular weight is 464 g/mol. The van der Waals surface area contributed by atoms with E-state index in [0.29, 0.717) is 37.8 Å². The topological polar surface area (TPSA) is 56.3 Å². The van der Waals surface area contributed by atoms with Gasteiger partial charge < -0.3 is 4.74 Å². The Hall–Kier alpha value is -3.21. The lowest BCUT2D eigenvalue weighted by molar-refractivity contribution is 0.0476. The molecule has 0 aliphatic heterocycles. The van der Waals surface area contributed by atoms with Crippen molar-refractivity contribution >= 4 is 45.9 Å². The molecule has 0 radical (unpaired) electrons. The summed E-state index contributed by atoms with van der Waals surface area (Å²) in [5, 5.41) is 1.70. The van der Waals surface area contributed by atoms with Gasteiger partial charge in [-0.25, -0.2) is 9.78 Å². The lowest BCUT2D eigenvalue weighted by atomic mass is 10.0. The third-order valence-corrected chi connectivity index (χ3v) is 5.90. The van der Waals surface area contributed by atoms with Crippen LogP contribution >= 0.6 is 23.2 Å². The molecule has 1 aromatic heterocycles. The van der Waals surface area contributed by atoms with E-state index in [0.717, 1.165) is 16.7 Å². The number of Topliss-reactive ketones (excluding diaryl/α,β-unsaturated/α-hetero) is 1. The molecule has 4 nitrogen and oxygen atoms in total.